The largest absolute Gasteiger partial charge is 0.479 e. The zero-order valence-corrected chi connectivity index (χ0v) is 21.0. The first-order chi connectivity index (χ1) is 17.5. The molecule has 0 aliphatic rings. The van der Waals surface area contributed by atoms with Crippen LogP contribution in [-0.2, 0) is 11.3 Å². The molecule has 0 radical (unpaired) electrons. The molecule has 2 aromatic carbocycles. The van der Waals surface area contributed by atoms with E-state index in [0.717, 1.165) is 11.1 Å². The first-order valence-corrected chi connectivity index (χ1v) is 11.6. The number of halogens is 2. The average molecular weight is 514 g/mol. The standard InChI is InChI=1S/C27H29F2N3O5/c1-15(2)8-23(27(34)35)37-25-22(29)13-21(28)24(31-25)36-20-11-18(10-19(12-20)26(33)32(3)4)17-7-5-6-16(9-17)14-30/h5-7,9-13,15,23H,8,14,30H2,1-4H3,(H,34,35)/t23-/m1/s1. The highest BCUT2D eigenvalue weighted by atomic mass is 19.1. The molecule has 1 atom stereocenters. The van der Waals surface area contributed by atoms with Crippen molar-refractivity contribution in [1.82, 2.24) is 9.88 Å². The highest BCUT2D eigenvalue weighted by Gasteiger charge is 2.25. The molecule has 8 nitrogen and oxygen atoms in total. The summed E-state index contributed by atoms with van der Waals surface area (Å²) in [6, 6.07) is 12.5. The van der Waals surface area contributed by atoms with Gasteiger partial charge < -0.3 is 25.2 Å². The molecular formula is C27H29F2N3O5. The van der Waals surface area contributed by atoms with Gasteiger partial charge in [-0.15, -0.1) is 0 Å². The van der Waals surface area contributed by atoms with Crippen molar-refractivity contribution >= 4 is 11.9 Å². The SMILES string of the molecule is CC(C)C[C@@H](Oc1nc(Oc2cc(C(=O)N(C)C)cc(-c3cccc(CN)c3)c2)c(F)cc1F)C(=O)O. The van der Waals surface area contributed by atoms with Crippen LogP contribution < -0.4 is 15.2 Å². The Balaban J connectivity index is 2.04. The van der Waals surface area contributed by atoms with Crippen LogP contribution in [0.15, 0.2) is 48.5 Å². The number of rotatable bonds is 10. The third-order valence-corrected chi connectivity index (χ3v) is 5.35. The van der Waals surface area contributed by atoms with Gasteiger partial charge in [-0.25, -0.2) is 13.6 Å². The number of amides is 1. The van der Waals surface area contributed by atoms with Gasteiger partial charge in [0.05, 0.1) is 0 Å². The molecule has 0 aliphatic heterocycles. The highest BCUT2D eigenvalue weighted by molar-refractivity contribution is 5.95. The molecule has 1 heterocycles. The van der Waals surface area contributed by atoms with E-state index < -0.39 is 35.5 Å². The average Bonchev–Trinajstić information content (AvgIpc) is 2.85. The van der Waals surface area contributed by atoms with E-state index in [1.807, 2.05) is 24.3 Å². The monoisotopic (exact) mass is 513 g/mol. The number of nitrogens with zero attached hydrogens (tertiary/aromatic N) is 2. The van der Waals surface area contributed by atoms with E-state index in [9.17, 15) is 23.5 Å². The predicted octanol–water partition coefficient (Wildman–Crippen LogP) is 4.86. The number of carboxylic acids is 1. The lowest BCUT2D eigenvalue weighted by Crippen LogP contribution is -2.29. The number of ether oxygens (including phenoxy) is 2. The van der Waals surface area contributed by atoms with Crippen LogP contribution in [0.3, 0.4) is 0 Å². The summed E-state index contributed by atoms with van der Waals surface area (Å²) in [6.07, 6.45) is -1.30. The van der Waals surface area contributed by atoms with Gasteiger partial charge >= 0.3 is 5.97 Å². The number of nitrogens with two attached hydrogens (primary N) is 1. The summed E-state index contributed by atoms with van der Waals surface area (Å²) >= 11 is 0. The molecule has 196 valence electrons. The number of pyridine rings is 1. The molecule has 0 spiro atoms. The first kappa shape index (κ1) is 27.5. The van der Waals surface area contributed by atoms with Gasteiger partial charge in [-0.1, -0.05) is 32.0 Å². The summed E-state index contributed by atoms with van der Waals surface area (Å²) < 4.78 is 40.0. The van der Waals surface area contributed by atoms with E-state index in [-0.39, 0.29) is 29.6 Å². The van der Waals surface area contributed by atoms with Gasteiger partial charge in [0, 0.05) is 32.3 Å². The molecule has 0 saturated carbocycles. The van der Waals surface area contributed by atoms with Crippen molar-refractivity contribution in [2.24, 2.45) is 11.7 Å². The maximum absolute atomic E-state index is 14.6. The Hall–Kier alpha value is -4.05. The van der Waals surface area contributed by atoms with E-state index in [1.165, 1.54) is 11.0 Å². The van der Waals surface area contributed by atoms with Gasteiger partial charge in [-0.2, -0.15) is 4.98 Å². The van der Waals surface area contributed by atoms with Crippen LogP contribution in [0.5, 0.6) is 17.5 Å². The predicted molar refractivity (Wildman–Crippen MR) is 134 cm³/mol. The molecule has 1 aromatic heterocycles. The lowest BCUT2D eigenvalue weighted by Gasteiger charge is -2.18. The fraction of sp³-hybridized carbons (Fsp3) is 0.296. The lowest BCUT2D eigenvalue weighted by molar-refractivity contribution is -0.146. The fourth-order valence-electron chi connectivity index (χ4n) is 3.55. The quantitative estimate of drug-likeness (QED) is 0.398. The minimum atomic E-state index is -1.39. The fourth-order valence-corrected chi connectivity index (χ4v) is 3.55. The van der Waals surface area contributed by atoms with Crippen LogP contribution in [0.4, 0.5) is 8.78 Å². The Labute approximate surface area is 213 Å². The third kappa shape index (κ3) is 7.01. The molecular weight excluding hydrogens is 484 g/mol. The topological polar surface area (TPSA) is 115 Å². The van der Waals surface area contributed by atoms with E-state index >= 15 is 0 Å². The van der Waals surface area contributed by atoms with Crippen LogP contribution in [0, 0.1) is 17.6 Å². The van der Waals surface area contributed by atoms with Crippen LogP contribution in [0.25, 0.3) is 11.1 Å². The summed E-state index contributed by atoms with van der Waals surface area (Å²) in [5.41, 5.74) is 8.23. The van der Waals surface area contributed by atoms with E-state index in [4.69, 9.17) is 15.2 Å². The van der Waals surface area contributed by atoms with Crippen molar-refractivity contribution in [2.45, 2.75) is 32.9 Å². The van der Waals surface area contributed by atoms with Crippen molar-refractivity contribution in [1.29, 1.82) is 0 Å². The molecule has 3 N–H and O–H groups in total. The number of benzene rings is 2. The zero-order chi connectivity index (χ0) is 27.3. The first-order valence-electron chi connectivity index (χ1n) is 11.6. The summed E-state index contributed by atoms with van der Waals surface area (Å²) in [6.45, 7) is 3.88. The van der Waals surface area contributed by atoms with Crippen molar-refractivity contribution in [3.8, 4) is 28.6 Å². The molecule has 0 bridgehead atoms. The molecule has 3 aromatic rings. The number of carbonyl (C=O) groups excluding carboxylic acids is 1. The Morgan fingerprint density at radius 3 is 2.35 bits per heavy atom. The summed E-state index contributed by atoms with van der Waals surface area (Å²) in [5, 5.41) is 9.41. The van der Waals surface area contributed by atoms with E-state index in [0.29, 0.717) is 18.2 Å². The van der Waals surface area contributed by atoms with Crippen LogP contribution in [-0.4, -0.2) is 47.1 Å². The van der Waals surface area contributed by atoms with Gasteiger partial charge in [-0.05, 0) is 53.3 Å². The Kier molecular flexibility index (Phi) is 8.77. The maximum atomic E-state index is 14.6. The van der Waals surface area contributed by atoms with Crippen molar-refractivity contribution in [3.05, 3.63) is 71.3 Å². The minimum Gasteiger partial charge on any atom is -0.479 e. The van der Waals surface area contributed by atoms with Gasteiger partial charge in [0.15, 0.2) is 17.7 Å². The van der Waals surface area contributed by atoms with Crippen LogP contribution in [0.1, 0.15) is 36.2 Å². The summed E-state index contributed by atoms with van der Waals surface area (Å²) in [5.74, 6) is -5.28. The highest BCUT2D eigenvalue weighted by Crippen LogP contribution is 2.32. The second kappa shape index (κ2) is 11.8. The van der Waals surface area contributed by atoms with Crippen LogP contribution in [0.2, 0.25) is 0 Å². The van der Waals surface area contributed by atoms with E-state index in [2.05, 4.69) is 4.98 Å². The van der Waals surface area contributed by atoms with Crippen LogP contribution >= 0.6 is 0 Å². The smallest absolute Gasteiger partial charge is 0.344 e. The summed E-state index contributed by atoms with van der Waals surface area (Å²) in [7, 11) is 3.18. The number of aromatic nitrogens is 1. The second-order valence-electron chi connectivity index (χ2n) is 9.09. The van der Waals surface area contributed by atoms with Gasteiger partial charge in [-0.3, -0.25) is 4.79 Å². The van der Waals surface area contributed by atoms with Gasteiger partial charge in [0.1, 0.15) is 5.75 Å². The molecule has 0 aliphatic carbocycles. The third-order valence-electron chi connectivity index (χ3n) is 5.35. The summed E-state index contributed by atoms with van der Waals surface area (Å²) in [4.78, 5) is 29.4. The van der Waals surface area contributed by atoms with Crippen molar-refractivity contribution < 1.29 is 33.0 Å². The number of hydrogen-bond donors (Lipinski definition) is 2. The number of carboxylic acid groups (broad SMARTS) is 1. The molecule has 0 fully saturated rings. The molecule has 10 heteroatoms. The van der Waals surface area contributed by atoms with Crippen molar-refractivity contribution in [3.63, 3.8) is 0 Å². The second-order valence-corrected chi connectivity index (χ2v) is 9.09. The molecule has 3 rings (SSSR count). The Morgan fingerprint density at radius 2 is 1.73 bits per heavy atom. The lowest BCUT2D eigenvalue weighted by atomic mass is 10.00. The van der Waals surface area contributed by atoms with Gasteiger partial charge in [0.2, 0.25) is 0 Å². The maximum Gasteiger partial charge on any atom is 0.344 e. The molecule has 37 heavy (non-hydrogen) atoms. The Morgan fingerprint density at radius 1 is 1.03 bits per heavy atom. The molecule has 0 saturated heterocycles. The van der Waals surface area contributed by atoms with E-state index in [1.54, 1.807) is 40.1 Å². The van der Waals surface area contributed by atoms with Gasteiger partial charge in [0.25, 0.3) is 17.7 Å². The zero-order valence-electron chi connectivity index (χ0n) is 21.0. The number of hydrogen-bond acceptors (Lipinski definition) is 6. The Bertz CT molecular complexity index is 1300. The minimum absolute atomic E-state index is 0.0572. The number of carbonyl (C=O) groups is 2. The van der Waals surface area contributed by atoms with Crippen molar-refractivity contribution in [2.75, 3.05) is 14.1 Å². The molecule has 1 amide bonds. The molecule has 0 unspecified atom stereocenters. The normalized spacial score (nSPS) is 11.8. The number of aliphatic carboxylic acids is 1.